The Bertz CT molecular complexity index is 419. The molecule has 5 nitrogen and oxygen atoms in total. The fourth-order valence-electron chi connectivity index (χ4n) is 1.83. The van der Waals surface area contributed by atoms with Crippen LogP contribution in [-0.4, -0.2) is 41.6 Å². The molecule has 110 valence electrons. The number of carbonyl (C=O) groups excluding carboxylic acids is 1. The second-order valence-corrected chi connectivity index (χ2v) is 4.43. The minimum atomic E-state index is -1.00. The molecule has 5 heteroatoms. The predicted octanol–water partition coefficient (Wildman–Crippen LogP) is 1.92. The van der Waals surface area contributed by atoms with Gasteiger partial charge in [-0.1, -0.05) is 30.3 Å². The van der Waals surface area contributed by atoms with Crippen LogP contribution in [0.3, 0.4) is 0 Å². The zero-order valence-corrected chi connectivity index (χ0v) is 11.7. The van der Waals surface area contributed by atoms with E-state index in [9.17, 15) is 9.59 Å². The highest BCUT2D eigenvalue weighted by atomic mass is 16.5. The van der Waals surface area contributed by atoms with E-state index in [0.29, 0.717) is 32.6 Å². The van der Waals surface area contributed by atoms with E-state index in [4.69, 9.17) is 9.84 Å². The normalized spacial score (nSPS) is 10.2. The van der Waals surface area contributed by atoms with Crippen LogP contribution < -0.4 is 0 Å². The van der Waals surface area contributed by atoms with Crippen molar-refractivity contribution in [2.24, 2.45) is 0 Å². The molecule has 0 fully saturated rings. The number of hydrogen-bond donors (Lipinski definition) is 1. The molecule has 20 heavy (non-hydrogen) atoms. The summed E-state index contributed by atoms with van der Waals surface area (Å²) in [7, 11) is 0. The summed E-state index contributed by atoms with van der Waals surface area (Å²) in [5.41, 5.74) is 0.923. The second kappa shape index (κ2) is 9.09. The van der Waals surface area contributed by atoms with Gasteiger partial charge >= 0.3 is 5.97 Å². The summed E-state index contributed by atoms with van der Waals surface area (Å²) < 4.78 is 5.18. The lowest BCUT2D eigenvalue weighted by molar-refractivity contribution is -0.145. The van der Waals surface area contributed by atoms with Crippen LogP contribution in [0.2, 0.25) is 0 Å². The summed E-state index contributed by atoms with van der Waals surface area (Å²) in [6, 6.07) is 9.38. The molecule has 0 radical (unpaired) electrons. The standard InChI is InChI=1S/C15H21NO4/c1-2-20-10-6-9-14(17)16(12-15(18)19)11-13-7-4-3-5-8-13/h3-5,7-8H,2,6,9-12H2,1H3,(H,18,19). The molecule has 0 unspecified atom stereocenters. The summed E-state index contributed by atoms with van der Waals surface area (Å²) in [6.07, 6.45) is 0.914. The average Bonchev–Trinajstić information content (AvgIpc) is 2.43. The van der Waals surface area contributed by atoms with Crippen molar-refractivity contribution in [2.75, 3.05) is 19.8 Å². The summed E-state index contributed by atoms with van der Waals surface area (Å²) in [4.78, 5) is 24.3. The van der Waals surface area contributed by atoms with E-state index in [2.05, 4.69) is 0 Å². The molecule has 0 atom stereocenters. The van der Waals surface area contributed by atoms with Crippen molar-refractivity contribution >= 4 is 11.9 Å². The number of rotatable bonds is 9. The van der Waals surface area contributed by atoms with Crippen molar-refractivity contribution in [2.45, 2.75) is 26.3 Å². The van der Waals surface area contributed by atoms with Gasteiger partial charge in [-0.15, -0.1) is 0 Å². The van der Waals surface area contributed by atoms with Crippen LogP contribution in [0.4, 0.5) is 0 Å². The molecule has 0 aliphatic carbocycles. The summed E-state index contributed by atoms with van der Waals surface area (Å²) in [5.74, 6) is -1.16. The third-order valence-corrected chi connectivity index (χ3v) is 2.78. The van der Waals surface area contributed by atoms with E-state index in [1.54, 1.807) is 0 Å². The Morgan fingerprint density at radius 3 is 2.55 bits per heavy atom. The first-order chi connectivity index (χ1) is 9.63. The van der Waals surface area contributed by atoms with Crippen LogP contribution in [0, 0.1) is 0 Å². The molecule has 0 saturated heterocycles. The van der Waals surface area contributed by atoms with Gasteiger partial charge in [0.1, 0.15) is 6.54 Å². The Morgan fingerprint density at radius 2 is 1.95 bits per heavy atom. The summed E-state index contributed by atoms with van der Waals surface area (Å²) >= 11 is 0. The molecule has 1 aromatic rings. The first kappa shape index (κ1) is 16.2. The van der Waals surface area contributed by atoms with Crippen molar-refractivity contribution < 1.29 is 19.4 Å². The van der Waals surface area contributed by atoms with Crippen LogP contribution in [-0.2, 0) is 20.9 Å². The van der Waals surface area contributed by atoms with Gasteiger partial charge in [-0.25, -0.2) is 0 Å². The highest BCUT2D eigenvalue weighted by molar-refractivity contribution is 5.81. The number of benzene rings is 1. The van der Waals surface area contributed by atoms with Gasteiger partial charge < -0.3 is 14.7 Å². The van der Waals surface area contributed by atoms with Crippen LogP contribution in [0.5, 0.6) is 0 Å². The van der Waals surface area contributed by atoms with E-state index in [-0.39, 0.29) is 12.5 Å². The molecular weight excluding hydrogens is 258 g/mol. The van der Waals surface area contributed by atoms with Crippen molar-refractivity contribution in [3.05, 3.63) is 35.9 Å². The smallest absolute Gasteiger partial charge is 0.323 e. The van der Waals surface area contributed by atoms with Gasteiger partial charge in [0.15, 0.2) is 0 Å². The topological polar surface area (TPSA) is 66.8 Å². The highest BCUT2D eigenvalue weighted by Gasteiger charge is 2.16. The van der Waals surface area contributed by atoms with Crippen molar-refractivity contribution in [1.82, 2.24) is 4.90 Å². The summed E-state index contributed by atoms with van der Waals surface area (Å²) in [5, 5.41) is 8.90. The van der Waals surface area contributed by atoms with Gasteiger partial charge in [-0.05, 0) is 18.9 Å². The molecule has 1 aromatic carbocycles. The Kier molecular flexibility index (Phi) is 7.35. The van der Waals surface area contributed by atoms with E-state index in [1.165, 1.54) is 4.90 Å². The SMILES string of the molecule is CCOCCCC(=O)N(CC(=O)O)Cc1ccccc1. The number of carboxylic acid groups (broad SMARTS) is 1. The third kappa shape index (κ3) is 6.33. The Hall–Kier alpha value is -1.88. The average molecular weight is 279 g/mol. The molecule has 0 aliphatic rings. The van der Waals surface area contributed by atoms with Gasteiger partial charge in [-0.3, -0.25) is 9.59 Å². The van der Waals surface area contributed by atoms with E-state index in [1.807, 2.05) is 37.3 Å². The highest BCUT2D eigenvalue weighted by Crippen LogP contribution is 2.07. The van der Waals surface area contributed by atoms with Crippen LogP contribution in [0.15, 0.2) is 30.3 Å². The Balaban J connectivity index is 2.54. The minimum Gasteiger partial charge on any atom is -0.480 e. The number of nitrogens with zero attached hydrogens (tertiary/aromatic N) is 1. The first-order valence-electron chi connectivity index (χ1n) is 6.74. The maximum atomic E-state index is 12.1. The van der Waals surface area contributed by atoms with Crippen LogP contribution in [0.1, 0.15) is 25.3 Å². The van der Waals surface area contributed by atoms with E-state index < -0.39 is 5.97 Å². The number of hydrogen-bond acceptors (Lipinski definition) is 3. The van der Waals surface area contributed by atoms with Crippen molar-refractivity contribution in [3.8, 4) is 0 Å². The van der Waals surface area contributed by atoms with Gasteiger partial charge in [0.2, 0.25) is 5.91 Å². The van der Waals surface area contributed by atoms with E-state index in [0.717, 1.165) is 5.56 Å². The fraction of sp³-hybridized carbons (Fsp3) is 0.467. The van der Waals surface area contributed by atoms with Gasteiger partial charge in [-0.2, -0.15) is 0 Å². The zero-order valence-electron chi connectivity index (χ0n) is 11.7. The number of aliphatic carboxylic acids is 1. The molecule has 0 spiro atoms. The largest absolute Gasteiger partial charge is 0.480 e. The minimum absolute atomic E-state index is 0.157. The number of carbonyl (C=O) groups is 2. The molecular formula is C15H21NO4. The monoisotopic (exact) mass is 279 g/mol. The third-order valence-electron chi connectivity index (χ3n) is 2.78. The maximum absolute atomic E-state index is 12.1. The molecule has 0 aliphatic heterocycles. The number of carboxylic acids is 1. The molecule has 1 N–H and O–H groups in total. The molecule has 0 aromatic heterocycles. The van der Waals surface area contributed by atoms with Crippen molar-refractivity contribution in [3.63, 3.8) is 0 Å². The Labute approximate surface area is 119 Å². The summed E-state index contributed by atoms with van der Waals surface area (Å²) in [6.45, 7) is 3.09. The van der Waals surface area contributed by atoms with Crippen LogP contribution in [0.25, 0.3) is 0 Å². The Morgan fingerprint density at radius 1 is 1.25 bits per heavy atom. The zero-order chi connectivity index (χ0) is 14.8. The lowest BCUT2D eigenvalue weighted by Crippen LogP contribution is -2.35. The van der Waals surface area contributed by atoms with E-state index >= 15 is 0 Å². The number of ether oxygens (including phenoxy) is 1. The molecule has 1 amide bonds. The molecule has 0 bridgehead atoms. The molecule has 0 saturated carbocycles. The number of amides is 1. The van der Waals surface area contributed by atoms with Gasteiger partial charge in [0.25, 0.3) is 0 Å². The lowest BCUT2D eigenvalue weighted by Gasteiger charge is -2.21. The molecule has 0 heterocycles. The second-order valence-electron chi connectivity index (χ2n) is 4.43. The van der Waals surface area contributed by atoms with Gasteiger partial charge in [0, 0.05) is 26.2 Å². The quantitative estimate of drug-likeness (QED) is 0.701. The van der Waals surface area contributed by atoms with Crippen molar-refractivity contribution in [1.29, 1.82) is 0 Å². The lowest BCUT2D eigenvalue weighted by atomic mass is 10.2. The maximum Gasteiger partial charge on any atom is 0.323 e. The predicted molar refractivity (Wildman–Crippen MR) is 75.2 cm³/mol. The first-order valence-corrected chi connectivity index (χ1v) is 6.74. The fourth-order valence-corrected chi connectivity index (χ4v) is 1.83. The van der Waals surface area contributed by atoms with Gasteiger partial charge in [0.05, 0.1) is 0 Å². The molecule has 1 rings (SSSR count). The van der Waals surface area contributed by atoms with Crippen LogP contribution >= 0.6 is 0 Å².